The summed E-state index contributed by atoms with van der Waals surface area (Å²) in [6.07, 6.45) is 0. The van der Waals surface area contributed by atoms with Gasteiger partial charge < -0.3 is 5.32 Å². The minimum atomic E-state index is -0.789. The molecule has 0 aliphatic carbocycles. The number of hydrogen-bond acceptors (Lipinski definition) is 3. The molecule has 3 rings (SSSR count). The fourth-order valence-electron chi connectivity index (χ4n) is 2.48. The van der Waals surface area contributed by atoms with Crippen LogP contribution >= 0.6 is 0 Å². The lowest BCUT2D eigenvalue weighted by Crippen LogP contribution is -2.37. The molecule has 0 unspecified atom stereocenters. The first-order chi connectivity index (χ1) is 11.0. The largest absolute Gasteiger partial charge is 0.324 e. The first-order valence-electron chi connectivity index (χ1n) is 6.99. The third-order valence-corrected chi connectivity index (χ3v) is 3.67. The van der Waals surface area contributed by atoms with Gasteiger partial charge in [-0.25, -0.2) is 4.39 Å². The number of benzene rings is 2. The van der Waals surface area contributed by atoms with Gasteiger partial charge >= 0.3 is 0 Å². The highest BCUT2D eigenvalue weighted by Crippen LogP contribution is 2.25. The van der Waals surface area contributed by atoms with Gasteiger partial charge in [-0.3, -0.25) is 19.3 Å². The molecule has 0 fully saturated rings. The van der Waals surface area contributed by atoms with Crippen LogP contribution in [-0.4, -0.2) is 29.2 Å². The van der Waals surface area contributed by atoms with Crippen molar-refractivity contribution in [2.24, 2.45) is 0 Å². The quantitative estimate of drug-likeness (QED) is 0.885. The van der Waals surface area contributed by atoms with Crippen molar-refractivity contribution in [3.63, 3.8) is 0 Å². The van der Waals surface area contributed by atoms with Crippen molar-refractivity contribution in [1.29, 1.82) is 0 Å². The maximum Gasteiger partial charge on any atom is 0.265 e. The second-order valence-electron chi connectivity index (χ2n) is 5.22. The molecule has 1 aliphatic rings. The molecule has 6 heteroatoms. The number of nitrogens with zero attached hydrogens (tertiary/aromatic N) is 1. The number of imide groups is 1. The van der Waals surface area contributed by atoms with E-state index in [1.165, 1.54) is 12.1 Å². The van der Waals surface area contributed by atoms with Crippen LogP contribution in [0.4, 0.5) is 10.1 Å². The summed E-state index contributed by atoms with van der Waals surface area (Å²) in [6.45, 7) is 1.37. The molecule has 0 saturated carbocycles. The van der Waals surface area contributed by atoms with E-state index in [1.54, 1.807) is 12.1 Å². The SMILES string of the molecule is Cc1ccccc1NC(=O)CN1C(=O)c2cccc(F)c2C1=O. The van der Waals surface area contributed by atoms with Gasteiger partial charge in [-0.1, -0.05) is 24.3 Å². The molecular formula is C17H13FN2O3. The molecule has 0 atom stereocenters. The van der Waals surface area contributed by atoms with Crippen LogP contribution in [-0.2, 0) is 4.79 Å². The van der Waals surface area contributed by atoms with Crippen molar-refractivity contribution in [3.05, 3.63) is 65.0 Å². The lowest BCUT2D eigenvalue weighted by Gasteiger charge is -2.14. The molecule has 0 saturated heterocycles. The normalized spacial score (nSPS) is 13.2. The summed E-state index contributed by atoms with van der Waals surface area (Å²) in [5, 5.41) is 2.64. The highest BCUT2D eigenvalue weighted by Gasteiger charge is 2.38. The van der Waals surface area contributed by atoms with Crippen molar-refractivity contribution < 1.29 is 18.8 Å². The Morgan fingerprint density at radius 1 is 1.09 bits per heavy atom. The Bertz CT molecular complexity index is 832. The van der Waals surface area contributed by atoms with Crippen LogP contribution in [0.25, 0.3) is 0 Å². The van der Waals surface area contributed by atoms with Crippen LogP contribution in [0.2, 0.25) is 0 Å². The Hall–Kier alpha value is -3.02. The van der Waals surface area contributed by atoms with E-state index in [0.717, 1.165) is 16.5 Å². The number of fused-ring (bicyclic) bond motifs is 1. The molecule has 0 radical (unpaired) electrons. The van der Waals surface area contributed by atoms with E-state index in [2.05, 4.69) is 5.32 Å². The molecule has 2 aromatic rings. The minimum absolute atomic E-state index is 0.0151. The number of halogens is 1. The van der Waals surface area contributed by atoms with E-state index in [4.69, 9.17) is 0 Å². The lowest BCUT2D eigenvalue weighted by molar-refractivity contribution is -0.116. The number of carbonyl (C=O) groups excluding carboxylic acids is 3. The predicted molar refractivity (Wildman–Crippen MR) is 81.6 cm³/mol. The van der Waals surface area contributed by atoms with Crippen LogP contribution in [0.15, 0.2) is 42.5 Å². The van der Waals surface area contributed by atoms with Crippen molar-refractivity contribution in [2.75, 3.05) is 11.9 Å². The summed E-state index contributed by atoms with van der Waals surface area (Å²) in [5.74, 6) is -2.73. The first kappa shape index (κ1) is 14.9. The van der Waals surface area contributed by atoms with Gasteiger partial charge in [0.15, 0.2) is 0 Å². The van der Waals surface area contributed by atoms with Crippen molar-refractivity contribution in [1.82, 2.24) is 4.90 Å². The fourth-order valence-corrected chi connectivity index (χ4v) is 2.48. The topological polar surface area (TPSA) is 66.5 Å². The molecule has 1 aliphatic heterocycles. The van der Waals surface area contributed by atoms with Crippen molar-refractivity contribution in [3.8, 4) is 0 Å². The Labute approximate surface area is 131 Å². The van der Waals surface area contributed by atoms with E-state index in [1.807, 2.05) is 19.1 Å². The predicted octanol–water partition coefficient (Wildman–Crippen LogP) is 2.37. The molecule has 1 N–H and O–H groups in total. The highest BCUT2D eigenvalue weighted by atomic mass is 19.1. The first-order valence-corrected chi connectivity index (χ1v) is 6.99. The van der Waals surface area contributed by atoms with Gasteiger partial charge in [-0.05, 0) is 30.7 Å². The molecule has 5 nitrogen and oxygen atoms in total. The molecular weight excluding hydrogens is 299 g/mol. The summed E-state index contributed by atoms with van der Waals surface area (Å²) >= 11 is 0. The van der Waals surface area contributed by atoms with E-state index >= 15 is 0 Å². The smallest absolute Gasteiger partial charge is 0.265 e. The summed E-state index contributed by atoms with van der Waals surface area (Å²) in [7, 11) is 0. The number of nitrogens with one attached hydrogen (secondary N) is 1. The molecule has 0 aromatic heterocycles. The molecule has 2 aromatic carbocycles. The zero-order valence-corrected chi connectivity index (χ0v) is 12.3. The van der Waals surface area contributed by atoms with Gasteiger partial charge in [-0.2, -0.15) is 0 Å². The Morgan fingerprint density at radius 2 is 1.83 bits per heavy atom. The third-order valence-electron chi connectivity index (χ3n) is 3.67. The average molecular weight is 312 g/mol. The lowest BCUT2D eigenvalue weighted by atomic mass is 10.1. The Kier molecular flexibility index (Phi) is 3.65. The zero-order valence-electron chi connectivity index (χ0n) is 12.3. The number of amides is 3. The van der Waals surface area contributed by atoms with Crippen LogP contribution in [0.3, 0.4) is 0 Å². The van der Waals surface area contributed by atoms with Gasteiger partial charge in [0.1, 0.15) is 12.4 Å². The molecule has 0 bridgehead atoms. The monoisotopic (exact) mass is 312 g/mol. The number of rotatable bonds is 3. The minimum Gasteiger partial charge on any atom is -0.324 e. The maximum atomic E-state index is 13.7. The van der Waals surface area contributed by atoms with Gasteiger partial charge in [0.2, 0.25) is 5.91 Å². The number of para-hydroxylation sites is 1. The molecule has 23 heavy (non-hydrogen) atoms. The van der Waals surface area contributed by atoms with Crippen LogP contribution in [0.1, 0.15) is 26.3 Å². The van der Waals surface area contributed by atoms with Crippen molar-refractivity contribution in [2.45, 2.75) is 6.92 Å². The van der Waals surface area contributed by atoms with Crippen LogP contribution in [0, 0.1) is 12.7 Å². The maximum absolute atomic E-state index is 13.7. The summed E-state index contributed by atoms with van der Waals surface area (Å²) < 4.78 is 13.7. The van der Waals surface area contributed by atoms with E-state index in [-0.39, 0.29) is 11.1 Å². The van der Waals surface area contributed by atoms with Crippen LogP contribution < -0.4 is 5.32 Å². The van der Waals surface area contributed by atoms with Gasteiger partial charge in [0.05, 0.1) is 11.1 Å². The number of carbonyl (C=O) groups is 3. The number of anilines is 1. The van der Waals surface area contributed by atoms with E-state index in [0.29, 0.717) is 5.69 Å². The molecule has 0 spiro atoms. The van der Waals surface area contributed by atoms with Crippen LogP contribution in [0.5, 0.6) is 0 Å². The number of hydrogen-bond donors (Lipinski definition) is 1. The van der Waals surface area contributed by atoms with Gasteiger partial charge in [0, 0.05) is 5.69 Å². The van der Waals surface area contributed by atoms with Gasteiger partial charge in [-0.15, -0.1) is 0 Å². The molecule has 116 valence electrons. The average Bonchev–Trinajstić information content (AvgIpc) is 2.76. The summed E-state index contributed by atoms with van der Waals surface area (Å²) in [5.41, 5.74) is 1.16. The molecule has 3 amide bonds. The van der Waals surface area contributed by atoms with Gasteiger partial charge in [0.25, 0.3) is 11.8 Å². The second-order valence-corrected chi connectivity index (χ2v) is 5.22. The van der Waals surface area contributed by atoms with E-state index in [9.17, 15) is 18.8 Å². The highest BCUT2D eigenvalue weighted by molar-refractivity contribution is 6.22. The fraction of sp³-hybridized carbons (Fsp3) is 0.118. The summed E-state index contributed by atoms with van der Waals surface area (Å²) in [6, 6.07) is 11.0. The summed E-state index contributed by atoms with van der Waals surface area (Å²) in [4.78, 5) is 37.2. The molecule has 1 heterocycles. The standard InChI is InChI=1S/C17H13FN2O3/c1-10-5-2-3-8-13(10)19-14(21)9-20-16(22)11-6-4-7-12(18)15(11)17(20)23/h2-8H,9H2,1H3,(H,19,21). The zero-order chi connectivity index (χ0) is 16.6. The number of aryl methyl sites for hydroxylation is 1. The Balaban J connectivity index is 1.78. The second kappa shape index (κ2) is 5.64. The van der Waals surface area contributed by atoms with Crippen molar-refractivity contribution >= 4 is 23.4 Å². The Morgan fingerprint density at radius 3 is 2.52 bits per heavy atom. The van der Waals surface area contributed by atoms with E-state index < -0.39 is 30.1 Å². The third kappa shape index (κ3) is 2.59.